The summed E-state index contributed by atoms with van der Waals surface area (Å²) in [4.78, 5) is 5.42. The zero-order chi connectivity index (χ0) is 18.8. The van der Waals surface area contributed by atoms with Crippen molar-refractivity contribution < 1.29 is 9.47 Å². The van der Waals surface area contributed by atoms with Gasteiger partial charge in [-0.05, 0) is 44.2 Å². The van der Waals surface area contributed by atoms with E-state index in [0.29, 0.717) is 11.6 Å². The minimum atomic E-state index is 0.257. The molecule has 27 heavy (non-hydrogen) atoms. The first-order valence-electron chi connectivity index (χ1n) is 8.58. The highest BCUT2D eigenvalue weighted by molar-refractivity contribution is 7.07. The van der Waals surface area contributed by atoms with Gasteiger partial charge >= 0.3 is 0 Å². The molecular weight excluding hydrogens is 382 g/mol. The van der Waals surface area contributed by atoms with E-state index in [1.807, 2.05) is 61.0 Å². The van der Waals surface area contributed by atoms with Crippen LogP contribution in [0, 0.1) is 0 Å². The number of thiazole rings is 1. The van der Waals surface area contributed by atoms with Crippen molar-refractivity contribution in [3.63, 3.8) is 0 Å². The summed E-state index contributed by atoms with van der Waals surface area (Å²) in [5.41, 5.74) is 3.78. The van der Waals surface area contributed by atoms with Crippen molar-refractivity contribution in [2.45, 2.75) is 13.8 Å². The van der Waals surface area contributed by atoms with Crippen LogP contribution >= 0.6 is 22.9 Å². The van der Waals surface area contributed by atoms with Crippen LogP contribution in [0.15, 0.2) is 57.9 Å². The lowest BCUT2D eigenvalue weighted by Gasteiger charge is -2.07. The van der Waals surface area contributed by atoms with Gasteiger partial charge in [-0.2, -0.15) is 5.10 Å². The summed E-state index contributed by atoms with van der Waals surface area (Å²) in [5.74, 6) is 1.50. The van der Waals surface area contributed by atoms with E-state index in [2.05, 4.69) is 10.4 Å². The molecule has 2 aromatic carbocycles. The average molecular weight is 400 g/mol. The van der Waals surface area contributed by atoms with Crippen molar-refractivity contribution in [3.05, 3.63) is 63.2 Å². The number of benzene rings is 2. The Labute approximate surface area is 166 Å². The van der Waals surface area contributed by atoms with Gasteiger partial charge < -0.3 is 9.47 Å². The molecular formula is C20H18ClN3O2S. The highest BCUT2D eigenvalue weighted by Gasteiger charge is 2.15. The second kappa shape index (κ2) is 7.58. The van der Waals surface area contributed by atoms with Crippen LogP contribution in [0.3, 0.4) is 0 Å². The Hall–Kier alpha value is -2.57. The standard InChI is InChI=1S/C20H18ClN3O2S/c1-3-22-20-24(17(11-27-20)15-5-4-6-16(21)9-15)23-13(2)14-7-8-18-19(10-14)26-12-25-18/h4-11H,3,12H2,1-2H3. The third kappa shape index (κ3) is 3.63. The van der Waals surface area contributed by atoms with E-state index in [0.717, 1.165) is 38.8 Å². The van der Waals surface area contributed by atoms with Crippen LogP contribution in [0.2, 0.25) is 5.02 Å². The Morgan fingerprint density at radius 3 is 2.85 bits per heavy atom. The minimum Gasteiger partial charge on any atom is -0.454 e. The molecule has 0 saturated carbocycles. The third-order valence-electron chi connectivity index (χ3n) is 4.14. The van der Waals surface area contributed by atoms with Gasteiger partial charge in [0.05, 0.1) is 11.4 Å². The second-order valence-corrected chi connectivity index (χ2v) is 7.23. The van der Waals surface area contributed by atoms with E-state index in [1.165, 1.54) is 0 Å². The van der Waals surface area contributed by atoms with Gasteiger partial charge in [-0.25, -0.2) is 4.68 Å². The van der Waals surface area contributed by atoms with Gasteiger partial charge in [0.1, 0.15) is 0 Å². The summed E-state index contributed by atoms with van der Waals surface area (Å²) >= 11 is 7.74. The molecule has 1 aromatic heterocycles. The molecule has 0 radical (unpaired) electrons. The normalized spacial score (nSPS) is 14.0. The molecule has 7 heteroatoms. The number of aromatic nitrogens is 1. The fraction of sp³-hybridized carbons (Fsp3) is 0.200. The molecule has 0 N–H and O–H groups in total. The monoisotopic (exact) mass is 399 g/mol. The first-order chi connectivity index (χ1) is 13.2. The van der Waals surface area contributed by atoms with E-state index >= 15 is 0 Å². The molecule has 0 amide bonds. The number of halogens is 1. The van der Waals surface area contributed by atoms with Crippen molar-refractivity contribution in [1.82, 2.24) is 4.68 Å². The predicted molar refractivity (Wildman–Crippen MR) is 109 cm³/mol. The molecule has 1 aliphatic rings. The smallest absolute Gasteiger partial charge is 0.231 e. The van der Waals surface area contributed by atoms with Crippen molar-refractivity contribution in [1.29, 1.82) is 0 Å². The molecule has 5 nitrogen and oxygen atoms in total. The SMILES string of the molecule is CCN=c1scc(-c2cccc(Cl)c2)n1N=C(C)c1ccc2c(c1)OCO2. The fourth-order valence-electron chi connectivity index (χ4n) is 2.82. The molecule has 0 spiro atoms. The highest BCUT2D eigenvalue weighted by Crippen LogP contribution is 2.32. The van der Waals surface area contributed by atoms with Crippen LogP contribution < -0.4 is 14.3 Å². The van der Waals surface area contributed by atoms with Crippen molar-refractivity contribution in [2.75, 3.05) is 13.3 Å². The summed E-state index contributed by atoms with van der Waals surface area (Å²) in [6.07, 6.45) is 0. The Kier molecular flexibility index (Phi) is 5.01. The van der Waals surface area contributed by atoms with E-state index < -0.39 is 0 Å². The highest BCUT2D eigenvalue weighted by atomic mass is 35.5. The summed E-state index contributed by atoms with van der Waals surface area (Å²) in [7, 11) is 0. The zero-order valence-electron chi connectivity index (χ0n) is 15.0. The maximum atomic E-state index is 6.18. The van der Waals surface area contributed by atoms with Gasteiger partial charge in [0.25, 0.3) is 0 Å². The summed E-state index contributed by atoms with van der Waals surface area (Å²) in [6, 6.07) is 13.6. The molecule has 3 aromatic rings. The molecule has 4 rings (SSSR count). The lowest BCUT2D eigenvalue weighted by atomic mass is 10.1. The number of hydrogen-bond acceptors (Lipinski definition) is 5. The van der Waals surface area contributed by atoms with E-state index in [1.54, 1.807) is 11.3 Å². The summed E-state index contributed by atoms with van der Waals surface area (Å²) in [5, 5.41) is 7.59. The Morgan fingerprint density at radius 1 is 1.19 bits per heavy atom. The Balaban J connectivity index is 1.81. The molecule has 2 heterocycles. The van der Waals surface area contributed by atoms with Crippen LogP contribution in [0.1, 0.15) is 19.4 Å². The topological polar surface area (TPSA) is 48.1 Å². The van der Waals surface area contributed by atoms with Crippen LogP contribution in [0.4, 0.5) is 0 Å². The number of hydrogen-bond donors (Lipinski definition) is 0. The minimum absolute atomic E-state index is 0.257. The van der Waals surface area contributed by atoms with Gasteiger partial charge in [-0.1, -0.05) is 23.7 Å². The van der Waals surface area contributed by atoms with E-state index in [-0.39, 0.29) is 6.79 Å². The van der Waals surface area contributed by atoms with Crippen LogP contribution in [-0.2, 0) is 0 Å². The fourth-order valence-corrected chi connectivity index (χ4v) is 3.90. The van der Waals surface area contributed by atoms with Gasteiger partial charge in [0.2, 0.25) is 11.6 Å². The number of fused-ring (bicyclic) bond motifs is 1. The molecule has 0 atom stereocenters. The quantitative estimate of drug-likeness (QED) is 0.592. The molecule has 0 fully saturated rings. The zero-order valence-corrected chi connectivity index (χ0v) is 16.5. The molecule has 138 valence electrons. The number of rotatable bonds is 4. The maximum absolute atomic E-state index is 6.18. The van der Waals surface area contributed by atoms with Crippen molar-refractivity contribution >= 4 is 28.6 Å². The predicted octanol–water partition coefficient (Wildman–Crippen LogP) is 4.79. The lowest BCUT2D eigenvalue weighted by molar-refractivity contribution is 0.174. The average Bonchev–Trinajstić information content (AvgIpc) is 3.28. The largest absolute Gasteiger partial charge is 0.454 e. The first kappa shape index (κ1) is 17.8. The van der Waals surface area contributed by atoms with Gasteiger partial charge in [0.15, 0.2) is 11.5 Å². The van der Waals surface area contributed by atoms with Crippen LogP contribution in [0.25, 0.3) is 11.3 Å². The third-order valence-corrected chi connectivity index (χ3v) is 5.23. The van der Waals surface area contributed by atoms with E-state index in [9.17, 15) is 0 Å². The van der Waals surface area contributed by atoms with Gasteiger partial charge in [-0.15, -0.1) is 11.3 Å². The van der Waals surface area contributed by atoms with Crippen LogP contribution in [0.5, 0.6) is 11.5 Å². The second-order valence-electron chi connectivity index (χ2n) is 5.95. The van der Waals surface area contributed by atoms with Crippen molar-refractivity contribution in [2.24, 2.45) is 10.1 Å². The summed E-state index contributed by atoms with van der Waals surface area (Å²) < 4.78 is 12.7. The maximum Gasteiger partial charge on any atom is 0.231 e. The molecule has 0 saturated heterocycles. The van der Waals surface area contributed by atoms with Crippen molar-refractivity contribution in [3.8, 4) is 22.8 Å². The molecule has 0 unspecified atom stereocenters. The lowest BCUT2D eigenvalue weighted by Crippen LogP contribution is -2.14. The number of ether oxygens (including phenoxy) is 2. The molecule has 1 aliphatic heterocycles. The van der Waals surface area contributed by atoms with E-state index in [4.69, 9.17) is 26.2 Å². The summed E-state index contributed by atoms with van der Waals surface area (Å²) in [6.45, 7) is 4.93. The Morgan fingerprint density at radius 2 is 2.04 bits per heavy atom. The van der Waals surface area contributed by atoms with Gasteiger partial charge in [-0.3, -0.25) is 4.99 Å². The van der Waals surface area contributed by atoms with Crippen LogP contribution in [-0.4, -0.2) is 23.7 Å². The first-order valence-corrected chi connectivity index (χ1v) is 9.84. The number of nitrogens with zero attached hydrogens (tertiary/aromatic N) is 3. The molecule has 0 bridgehead atoms. The Bertz CT molecular complexity index is 1080. The molecule has 0 aliphatic carbocycles. The van der Waals surface area contributed by atoms with Gasteiger partial charge in [0, 0.05) is 28.1 Å².